The van der Waals surface area contributed by atoms with E-state index in [1.165, 1.54) is 4.88 Å². The molecule has 0 amide bonds. The molecular formula is C9H6BrClN2S. The summed E-state index contributed by atoms with van der Waals surface area (Å²) >= 11 is 10.8. The zero-order valence-corrected chi connectivity index (χ0v) is 10.4. The molecule has 2 aromatic rings. The van der Waals surface area contributed by atoms with Crippen LogP contribution in [0.1, 0.15) is 4.88 Å². The highest BCUT2D eigenvalue weighted by molar-refractivity contribution is 9.10. The van der Waals surface area contributed by atoms with Gasteiger partial charge in [-0.1, -0.05) is 11.6 Å². The fraction of sp³-hybridized carbons (Fsp3) is 0.111. The normalized spacial score (nSPS) is 10.5. The maximum atomic E-state index is 5.88. The van der Waals surface area contributed by atoms with Crippen molar-refractivity contribution in [2.45, 2.75) is 6.92 Å². The average Bonchev–Trinajstić information content (AvgIpc) is 2.57. The summed E-state index contributed by atoms with van der Waals surface area (Å²) in [5.74, 6) is 0.677. The van der Waals surface area contributed by atoms with Gasteiger partial charge >= 0.3 is 0 Å². The van der Waals surface area contributed by atoms with Crippen molar-refractivity contribution in [2.75, 3.05) is 0 Å². The first-order valence-corrected chi connectivity index (χ1v) is 5.90. The number of hydrogen-bond acceptors (Lipinski definition) is 3. The van der Waals surface area contributed by atoms with E-state index < -0.39 is 0 Å². The maximum Gasteiger partial charge on any atom is 0.171 e. The molecule has 14 heavy (non-hydrogen) atoms. The molecule has 2 nitrogen and oxygen atoms in total. The first kappa shape index (κ1) is 10.1. The summed E-state index contributed by atoms with van der Waals surface area (Å²) < 4.78 is 0.719. The number of rotatable bonds is 1. The van der Waals surface area contributed by atoms with Gasteiger partial charge in [0.25, 0.3) is 0 Å². The highest BCUT2D eigenvalue weighted by atomic mass is 79.9. The van der Waals surface area contributed by atoms with Crippen molar-refractivity contribution >= 4 is 38.9 Å². The molecule has 0 spiro atoms. The topological polar surface area (TPSA) is 25.8 Å². The van der Waals surface area contributed by atoms with Crippen LogP contribution >= 0.6 is 38.9 Å². The third-order valence-electron chi connectivity index (χ3n) is 1.66. The van der Waals surface area contributed by atoms with Gasteiger partial charge in [-0.2, -0.15) is 0 Å². The fourth-order valence-electron chi connectivity index (χ4n) is 1.02. The van der Waals surface area contributed by atoms with Crippen LogP contribution in [0.15, 0.2) is 22.8 Å². The van der Waals surface area contributed by atoms with E-state index in [0.29, 0.717) is 11.0 Å². The minimum Gasteiger partial charge on any atom is -0.235 e. The number of aromatic nitrogens is 2. The van der Waals surface area contributed by atoms with E-state index in [9.17, 15) is 0 Å². The molecule has 0 aromatic carbocycles. The van der Waals surface area contributed by atoms with Crippen LogP contribution in [0.2, 0.25) is 5.15 Å². The minimum atomic E-state index is 0.445. The molecule has 0 radical (unpaired) electrons. The number of hydrogen-bond donors (Lipinski definition) is 0. The summed E-state index contributed by atoms with van der Waals surface area (Å²) in [5, 5.41) is 0.445. The van der Waals surface area contributed by atoms with Crippen molar-refractivity contribution in [1.29, 1.82) is 0 Å². The largest absolute Gasteiger partial charge is 0.235 e. The Morgan fingerprint density at radius 3 is 2.79 bits per heavy atom. The Morgan fingerprint density at radius 1 is 1.43 bits per heavy atom. The van der Waals surface area contributed by atoms with Crippen LogP contribution in [-0.4, -0.2) is 9.97 Å². The van der Waals surface area contributed by atoms with Gasteiger partial charge in [0, 0.05) is 11.1 Å². The molecule has 2 rings (SSSR count). The van der Waals surface area contributed by atoms with Gasteiger partial charge in [-0.15, -0.1) is 11.3 Å². The Morgan fingerprint density at radius 2 is 2.21 bits per heavy atom. The molecule has 72 valence electrons. The predicted octanol–water partition coefficient (Wildman–Crippen LogP) is 3.93. The number of aryl methyl sites for hydroxylation is 1. The summed E-state index contributed by atoms with van der Waals surface area (Å²) in [6, 6.07) is 4.04. The van der Waals surface area contributed by atoms with Crippen LogP contribution in [0.5, 0.6) is 0 Å². The number of thiophene rings is 1. The van der Waals surface area contributed by atoms with Crippen LogP contribution in [0, 0.1) is 6.92 Å². The molecular weight excluding hydrogens is 284 g/mol. The maximum absolute atomic E-state index is 5.88. The molecule has 5 heteroatoms. The Labute approximate surface area is 99.1 Å². The first-order valence-electron chi connectivity index (χ1n) is 3.91. The van der Waals surface area contributed by atoms with Crippen LogP contribution in [0.25, 0.3) is 10.7 Å². The van der Waals surface area contributed by atoms with Gasteiger partial charge < -0.3 is 0 Å². The number of halogens is 2. The molecule has 0 aliphatic carbocycles. The second-order valence-electron chi connectivity index (χ2n) is 2.74. The van der Waals surface area contributed by atoms with Crippen molar-refractivity contribution in [3.8, 4) is 10.7 Å². The summed E-state index contributed by atoms with van der Waals surface area (Å²) in [7, 11) is 0. The molecule has 0 bridgehead atoms. The fourth-order valence-corrected chi connectivity index (χ4v) is 2.15. The van der Waals surface area contributed by atoms with Crippen molar-refractivity contribution in [1.82, 2.24) is 9.97 Å². The van der Waals surface area contributed by atoms with E-state index in [4.69, 9.17) is 11.6 Å². The van der Waals surface area contributed by atoms with Gasteiger partial charge in [-0.05, 0) is 35.0 Å². The van der Waals surface area contributed by atoms with Crippen LogP contribution in [0.3, 0.4) is 0 Å². The molecule has 0 aliphatic heterocycles. The highest BCUT2D eigenvalue weighted by Gasteiger charge is 2.06. The average molecular weight is 290 g/mol. The Hall–Kier alpha value is -0.450. The first-order chi connectivity index (χ1) is 6.66. The Balaban J connectivity index is 2.47. The summed E-state index contributed by atoms with van der Waals surface area (Å²) in [5.41, 5.74) is 0. The summed E-state index contributed by atoms with van der Waals surface area (Å²) in [4.78, 5) is 10.6. The van der Waals surface area contributed by atoms with E-state index in [1.807, 2.05) is 12.1 Å². The molecule has 0 unspecified atom stereocenters. The zero-order chi connectivity index (χ0) is 10.1. The molecule has 0 saturated carbocycles. The molecule has 0 atom stereocenters. The van der Waals surface area contributed by atoms with E-state index in [2.05, 4.69) is 32.8 Å². The molecule has 2 heterocycles. The van der Waals surface area contributed by atoms with Gasteiger partial charge in [-0.25, -0.2) is 9.97 Å². The predicted molar refractivity (Wildman–Crippen MR) is 62.8 cm³/mol. The summed E-state index contributed by atoms with van der Waals surface area (Å²) in [6.45, 7) is 2.05. The molecule has 0 fully saturated rings. The monoisotopic (exact) mass is 288 g/mol. The van der Waals surface area contributed by atoms with Crippen LogP contribution < -0.4 is 0 Å². The van der Waals surface area contributed by atoms with Crippen molar-refractivity contribution < 1.29 is 0 Å². The Bertz CT molecular complexity index is 470. The molecule has 0 N–H and O–H groups in total. The van der Waals surface area contributed by atoms with Gasteiger partial charge in [0.2, 0.25) is 0 Å². The number of nitrogens with zero attached hydrogens (tertiary/aromatic N) is 2. The quantitative estimate of drug-likeness (QED) is 0.743. The lowest BCUT2D eigenvalue weighted by molar-refractivity contribution is 1.17. The molecule has 2 aromatic heterocycles. The second-order valence-corrected chi connectivity index (χ2v) is 5.24. The summed E-state index contributed by atoms with van der Waals surface area (Å²) in [6.07, 6.45) is 1.67. The molecule has 0 aliphatic rings. The van der Waals surface area contributed by atoms with E-state index in [-0.39, 0.29) is 0 Å². The standard InChI is InChI=1S/C9H6BrClN2S/c1-5-2-3-7(14-5)9-12-4-6(10)8(11)13-9/h2-4H,1H3. The van der Waals surface area contributed by atoms with Crippen LogP contribution in [-0.2, 0) is 0 Å². The lowest BCUT2D eigenvalue weighted by Crippen LogP contribution is -1.86. The second kappa shape index (κ2) is 3.96. The van der Waals surface area contributed by atoms with Gasteiger partial charge in [0.05, 0.1) is 9.35 Å². The van der Waals surface area contributed by atoms with Gasteiger partial charge in [0.1, 0.15) is 5.15 Å². The smallest absolute Gasteiger partial charge is 0.171 e. The van der Waals surface area contributed by atoms with Gasteiger partial charge in [-0.3, -0.25) is 0 Å². The van der Waals surface area contributed by atoms with Crippen molar-refractivity contribution in [2.24, 2.45) is 0 Å². The van der Waals surface area contributed by atoms with E-state index in [1.54, 1.807) is 17.5 Å². The lowest BCUT2D eigenvalue weighted by atomic mass is 10.4. The SMILES string of the molecule is Cc1ccc(-c2ncc(Br)c(Cl)n2)s1. The lowest BCUT2D eigenvalue weighted by Gasteiger charge is -1.97. The van der Waals surface area contributed by atoms with E-state index in [0.717, 1.165) is 9.35 Å². The van der Waals surface area contributed by atoms with E-state index >= 15 is 0 Å². The minimum absolute atomic E-state index is 0.445. The van der Waals surface area contributed by atoms with Crippen molar-refractivity contribution in [3.05, 3.63) is 32.8 Å². The Kier molecular flexibility index (Phi) is 2.85. The van der Waals surface area contributed by atoms with Crippen molar-refractivity contribution in [3.63, 3.8) is 0 Å². The van der Waals surface area contributed by atoms with Gasteiger partial charge in [0.15, 0.2) is 5.82 Å². The zero-order valence-electron chi connectivity index (χ0n) is 7.29. The molecule has 0 saturated heterocycles. The van der Waals surface area contributed by atoms with Crippen LogP contribution in [0.4, 0.5) is 0 Å². The third kappa shape index (κ3) is 1.97. The highest BCUT2D eigenvalue weighted by Crippen LogP contribution is 2.27. The third-order valence-corrected chi connectivity index (χ3v) is 3.76.